The summed E-state index contributed by atoms with van der Waals surface area (Å²) in [5.74, 6) is 0.696. The third-order valence-corrected chi connectivity index (χ3v) is 3.18. The van der Waals surface area contributed by atoms with Gasteiger partial charge in [0.15, 0.2) is 6.61 Å². The van der Waals surface area contributed by atoms with E-state index >= 15 is 0 Å². The molecule has 0 spiro atoms. The van der Waals surface area contributed by atoms with Gasteiger partial charge in [-0.15, -0.1) is 0 Å². The van der Waals surface area contributed by atoms with Crippen LogP contribution in [0.5, 0.6) is 11.5 Å². The molecule has 2 N–H and O–H groups in total. The highest BCUT2D eigenvalue weighted by atomic mass is 16.5. The van der Waals surface area contributed by atoms with E-state index in [2.05, 4.69) is 5.32 Å². The first kappa shape index (κ1) is 14.2. The number of fused-ring (bicyclic) bond motifs is 1. The Kier molecular flexibility index (Phi) is 4.45. The topological polar surface area (TPSA) is 58.6 Å². The van der Waals surface area contributed by atoms with Gasteiger partial charge >= 0.3 is 0 Å². The van der Waals surface area contributed by atoms with Gasteiger partial charge in [-0.1, -0.05) is 19.1 Å². The van der Waals surface area contributed by atoms with E-state index in [9.17, 15) is 9.90 Å². The molecule has 0 radical (unpaired) electrons. The number of phenols is 1. The van der Waals surface area contributed by atoms with E-state index in [1.807, 2.05) is 38.1 Å². The maximum atomic E-state index is 11.6. The van der Waals surface area contributed by atoms with Crippen molar-refractivity contribution in [2.24, 2.45) is 0 Å². The van der Waals surface area contributed by atoms with Crippen LogP contribution in [0.1, 0.15) is 20.3 Å². The van der Waals surface area contributed by atoms with E-state index in [1.54, 1.807) is 12.1 Å². The van der Waals surface area contributed by atoms with Crippen LogP contribution >= 0.6 is 0 Å². The third kappa shape index (κ3) is 3.63. The molecular formula is C16H19NO3. The second-order valence-corrected chi connectivity index (χ2v) is 4.86. The number of hydrogen-bond acceptors (Lipinski definition) is 3. The zero-order chi connectivity index (χ0) is 14.5. The summed E-state index contributed by atoms with van der Waals surface area (Å²) in [7, 11) is 0. The standard InChI is InChI=1S/C16H19NO3/c1-3-11(2)17-16(19)10-20-15-7-5-12-4-6-14(18)8-13(12)9-15/h4-9,11,18H,3,10H2,1-2H3,(H,17,19). The normalized spacial score (nSPS) is 12.1. The number of carbonyl (C=O) groups excluding carboxylic acids is 1. The minimum atomic E-state index is -0.129. The number of rotatable bonds is 5. The van der Waals surface area contributed by atoms with Crippen molar-refractivity contribution in [2.45, 2.75) is 26.3 Å². The molecule has 0 aromatic heterocycles. The lowest BCUT2D eigenvalue weighted by atomic mass is 10.1. The Bertz CT molecular complexity index is 610. The molecule has 106 valence electrons. The van der Waals surface area contributed by atoms with Gasteiger partial charge in [-0.05, 0) is 48.4 Å². The highest BCUT2D eigenvalue weighted by Gasteiger charge is 2.06. The summed E-state index contributed by atoms with van der Waals surface area (Å²) in [6.45, 7) is 3.97. The van der Waals surface area contributed by atoms with Crippen LogP contribution in [-0.4, -0.2) is 23.7 Å². The highest BCUT2D eigenvalue weighted by molar-refractivity contribution is 5.85. The van der Waals surface area contributed by atoms with E-state index in [4.69, 9.17) is 4.74 Å². The average molecular weight is 273 g/mol. The number of benzene rings is 2. The lowest BCUT2D eigenvalue weighted by Gasteiger charge is -2.12. The van der Waals surface area contributed by atoms with Crippen LogP contribution in [0.2, 0.25) is 0 Å². The summed E-state index contributed by atoms with van der Waals surface area (Å²) >= 11 is 0. The first-order valence-electron chi connectivity index (χ1n) is 6.73. The summed E-state index contributed by atoms with van der Waals surface area (Å²) in [6, 6.07) is 10.8. The predicted octanol–water partition coefficient (Wildman–Crippen LogP) is 2.84. The fourth-order valence-corrected chi connectivity index (χ4v) is 1.87. The monoisotopic (exact) mass is 273 g/mol. The average Bonchev–Trinajstić information content (AvgIpc) is 2.44. The van der Waals surface area contributed by atoms with Gasteiger partial charge in [-0.25, -0.2) is 0 Å². The largest absolute Gasteiger partial charge is 0.508 e. The second kappa shape index (κ2) is 6.28. The molecule has 2 aromatic carbocycles. The van der Waals surface area contributed by atoms with Gasteiger partial charge in [0.05, 0.1) is 0 Å². The van der Waals surface area contributed by atoms with Crippen molar-refractivity contribution < 1.29 is 14.6 Å². The second-order valence-electron chi connectivity index (χ2n) is 4.86. The molecule has 20 heavy (non-hydrogen) atoms. The van der Waals surface area contributed by atoms with Crippen molar-refractivity contribution in [3.05, 3.63) is 36.4 Å². The Morgan fingerprint density at radius 1 is 1.25 bits per heavy atom. The zero-order valence-corrected chi connectivity index (χ0v) is 11.7. The molecule has 0 saturated heterocycles. The van der Waals surface area contributed by atoms with Crippen molar-refractivity contribution in [3.63, 3.8) is 0 Å². The number of amides is 1. The quantitative estimate of drug-likeness (QED) is 0.880. The highest BCUT2D eigenvalue weighted by Crippen LogP contribution is 2.24. The molecule has 1 atom stereocenters. The Balaban J connectivity index is 2.01. The van der Waals surface area contributed by atoms with Gasteiger partial charge in [0.25, 0.3) is 5.91 Å². The Morgan fingerprint density at radius 3 is 2.75 bits per heavy atom. The number of aromatic hydroxyl groups is 1. The molecule has 0 saturated carbocycles. The van der Waals surface area contributed by atoms with E-state index in [0.29, 0.717) is 5.75 Å². The number of carbonyl (C=O) groups is 1. The van der Waals surface area contributed by atoms with Crippen molar-refractivity contribution in [3.8, 4) is 11.5 Å². The lowest BCUT2D eigenvalue weighted by molar-refractivity contribution is -0.123. The molecule has 0 aliphatic rings. The molecule has 0 aliphatic heterocycles. The van der Waals surface area contributed by atoms with Crippen LogP contribution in [0.15, 0.2) is 36.4 Å². The Labute approximate surface area is 118 Å². The van der Waals surface area contributed by atoms with Crippen LogP contribution in [0.4, 0.5) is 0 Å². The van der Waals surface area contributed by atoms with Gasteiger partial charge in [-0.2, -0.15) is 0 Å². The van der Waals surface area contributed by atoms with Crippen LogP contribution < -0.4 is 10.1 Å². The number of ether oxygens (including phenoxy) is 1. The van der Waals surface area contributed by atoms with Crippen LogP contribution in [-0.2, 0) is 4.79 Å². The predicted molar refractivity (Wildman–Crippen MR) is 79.0 cm³/mol. The molecule has 2 rings (SSSR count). The minimum Gasteiger partial charge on any atom is -0.508 e. The molecule has 0 bridgehead atoms. The van der Waals surface area contributed by atoms with Gasteiger partial charge in [0, 0.05) is 6.04 Å². The first-order valence-corrected chi connectivity index (χ1v) is 6.73. The molecule has 0 fully saturated rings. The summed E-state index contributed by atoms with van der Waals surface area (Å²) in [4.78, 5) is 11.6. The number of hydrogen-bond donors (Lipinski definition) is 2. The van der Waals surface area contributed by atoms with Gasteiger partial charge in [0.1, 0.15) is 11.5 Å². The van der Waals surface area contributed by atoms with Crippen molar-refractivity contribution >= 4 is 16.7 Å². The summed E-state index contributed by atoms with van der Waals surface area (Å²) < 4.78 is 5.47. The molecule has 1 unspecified atom stereocenters. The van der Waals surface area contributed by atoms with Crippen molar-refractivity contribution in [1.82, 2.24) is 5.32 Å². The van der Waals surface area contributed by atoms with E-state index in [-0.39, 0.29) is 24.3 Å². The molecular weight excluding hydrogens is 254 g/mol. The third-order valence-electron chi connectivity index (χ3n) is 3.18. The molecule has 1 amide bonds. The first-order chi connectivity index (χ1) is 9.58. The molecule has 4 nitrogen and oxygen atoms in total. The van der Waals surface area contributed by atoms with Crippen LogP contribution in [0.3, 0.4) is 0 Å². The summed E-state index contributed by atoms with van der Waals surface area (Å²) in [6.07, 6.45) is 0.890. The summed E-state index contributed by atoms with van der Waals surface area (Å²) in [5, 5.41) is 14.2. The van der Waals surface area contributed by atoms with E-state index in [1.165, 1.54) is 0 Å². The van der Waals surface area contributed by atoms with Crippen LogP contribution in [0.25, 0.3) is 10.8 Å². The van der Waals surface area contributed by atoms with Crippen molar-refractivity contribution in [2.75, 3.05) is 6.61 Å². The summed E-state index contributed by atoms with van der Waals surface area (Å²) in [5.41, 5.74) is 0. The maximum Gasteiger partial charge on any atom is 0.258 e. The molecule has 0 heterocycles. The SMILES string of the molecule is CCC(C)NC(=O)COc1ccc2ccc(O)cc2c1. The van der Waals surface area contributed by atoms with Gasteiger partial charge < -0.3 is 15.2 Å². The number of nitrogens with one attached hydrogen (secondary N) is 1. The molecule has 2 aromatic rings. The van der Waals surface area contributed by atoms with Crippen molar-refractivity contribution in [1.29, 1.82) is 0 Å². The minimum absolute atomic E-state index is 0.00530. The fraction of sp³-hybridized carbons (Fsp3) is 0.312. The molecule has 0 aliphatic carbocycles. The number of phenolic OH excluding ortho intramolecular Hbond substituents is 1. The maximum absolute atomic E-state index is 11.6. The van der Waals surface area contributed by atoms with E-state index < -0.39 is 0 Å². The Hall–Kier alpha value is -2.23. The van der Waals surface area contributed by atoms with Gasteiger partial charge in [-0.3, -0.25) is 4.79 Å². The Morgan fingerprint density at radius 2 is 2.00 bits per heavy atom. The van der Waals surface area contributed by atoms with Crippen LogP contribution in [0, 0.1) is 0 Å². The zero-order valence-electron chi connectivity index (χ0n) is 11.7. The van der Waals surface area contributed by atoms with E-state index in [0.717, 1.165) is 17.2 Å². The smallest absolute Gasteiger partial charge is 0.258 e. The van der Waals surface area contributed by atoms with Gasteiger partial charge in [0.2, 0.25) is 0 Å². The molecule has 4 heteroatoms. The fourth-order valence-electron chi connectivity index (χ4n) is 1.87. The lowest BCUT2D eigenvalue weighted by Crippen LogP contribution is -2.35.